The van der Waals surface area contributed by atoms with Gasteiger partial charge in [-0.2, -0.15) is 0 Å². The van der Waals surface area contributed by atoms with Gasteiger partial charge in [0.1, 0.15) is 17.9 Å². The van der Waals surface area contributed by atoms with Crippen LogP contribution in [-0.4, -0.2) is 34.4 Å². The first-order valence-corrected chi connectivity index (χ1v) is 10.8. The largest absolute Gasteiger partial charge is 0.486 e. The summed E-state index contributed by atoms with van der Waals surface area (Å²) in [5.41, 5.74) is 1.27. The van der Waals surface area contributed by atoms with Crippen molar-refractivity contribution >= 4 is 44.9 Å². The normalized spacial score (nSPS) is 12.9. The van der Waals surface area contributed by atoms with Crippen LogP contribution in [0.2, 0.25) is 0 Å². The van der Waals surface area contributed by atoms with Crippen LogP contribution in [0.1, 0.15) is 13.3 Å². The highest BCUT2D eigenvalue weighted by molar-refractivity contribution is 7.99. The van der Waals surface area contributed by atoms with Crippen LogP contribution in [0.4, 0.5) is 5.69 Å². The lowest BCUT2D eigenvalue weighted by molar-refractivity contribution is -0.113. The van der Waals surface area contributed by atoms with Crippen LogP contribution >= 0.6 is 23.1 Å². The van der Waals surface area contributed by atoms with Gasteiger partial charge in [0.25, 0.3) is 5.56 Å². The molecule has 3 aromatic rings. The molecule has 0 bridgehead atoms. The smallest absolute Gasteiger partial charge is 0.272 e. The first-order chi connectivity index (χ1) is 13.7. The molecule has 1 aliphatic rings. The molecule has 4 rings (SSSR count). The molecule has 7 nitrogen and oxygen atoms in total. The highest BCUT2D eigenvalue weighted by Crippen LogP contribution is 2.32. The summed E-state index contributed by atoms with van der Waals surface area (Å²) in [6.07, 6.45) is 0.815. The first kappa shape index (κ1) is 18.8. The number of nitrogens with zero attached hydrogens (tertiary/aromatic N) is 2. The molecule has 0 atom stereocenters. The number of carbonyl (C=O) groups excluding carboxylic acids is 1. The fourth-order valence-corrected chi connectivity index (χ4v) is 4.51. The number of hydrogen-bond donors (Lipinski definition) is 1. The molecular weight excluding hydrogens is 398 g/mol. The average molecular weight is 418 g/mol. The molecule has 0 saturated carbocycles. The van der Waals surface area contributed by atoms with Gasteiger partial charge in [-0.05, 0) is 30.0 Å². The molecule has 146 valence electrons. The molecular formula is C19H19N3O4S2. The Kier molecular flexibility index (Phi) is 5.54. The Bertz CT molecular complexity index is 1080. The molecule has 1 aliphatic heterocycles. The van der Waals surface area contributed by atoms with Crippen molar-refractivity contribution < 1.29 is 14.3 Å². The second kappa shape index (κ2) is 8.24. The van der Waals surface area contributed by atoms with Crippen molar-refractivity contribution in [1.29, 1.82) is 0 Å². The van der Waals surface area contributed by atoms with E-state index in [0.29, 0.717) is 52.3 Å². The highest BCUT2D eigenvalue weighted by atomic mass is 32.2. The molecule has 1 aromatic carbocycles. The molecule has 3 heterocycles. The minimum absolute atomic E-state index is 0.0448. The summed E-state index contributed by atoms with van der Waals surface area (Å²) in [6, 6.07) is 7.14. The first-order valence-electron chi connectivity index (χ1n) is 8.96. The summed E-state index contributed by atoms with van der Waals surface area (Å²) in [5.74, 6) is 1.28. The van der Waals surface area contributed by atoms with E-state index < -0.39 is 0 Å². The predicted octanol–water partition coefficient (Wildman–Crippen LogP) is 3.37. The van der Waals surface area contributed by atoms with Crippen molar-refractivity contribution in [2.24, 2.45) is 0 Å². The van der Waals surface area contributed by atoms with E-state index in [0.717, 1.165) is 6.42 Å². The fourth-order valence-electron chi connectivity index (χ4n) is 2.90. The summed E-state index contributed by atoms with van der Waals surface area (Å²) in [4.78, 5) is 29.6. The topological polar surface area (TPSA) is 82.5 Å². The highest BCUT2D eigenvalue weighted by Gasteiger charge is 2.15. The van der Waals surface area contributed by atoms with Gasteiger partial charge >= 0.3 is 0 Å². The molecule has 0 fully saturated rings. The molecule has 9 heteroatoms. The minimum Gasteiger partial charge on any atom is -0.486 e. The Morgan fingerprint density at radius 1 is 1.29 bits per heavy atom. The standard InChI is InChI=1S/C19H19N3O4S2/c1-2-6-22-18(24)17-13(5-9-27-17)21-19(22)28-11-16(23)20-12-3-4-14-15(10-12)26-8-7-25-14/h3-5,9-10H,2,6-8,11H2,1H3,(H,20,23). The number of thiophene rings is 1. The van der Waals surface area contributed by atoms with E-state index in [4.69, 9.17) is 9.47 Å². The molecule has 0 unspecified atom stereocenters. The fraction of sp³-hybridized carbons (Fsp3) is 0.316. The van der Waals surface area contributed by atoms with E-state index in [2.05, 4.69) is 10.3 Å². The van der Waals surface area contributed by atoms with Gasteiger partial charge < -0.3 is 14.8 Å². The predicted molar refractivity (Wildman–Crippen MR) is 111 cm³/mol. The van der Waals surface area contributed by atoms with Crippen LogP contribution in [0.15, 0.2) is 39.6 Å². The monoisotopic (exact) mass is 417 g/mol. The maximum atomic E-state index is 12.7. The van der Waals surface area contributed by atoms with Crippen molar-refractivity contribution in [3.63, 3.8) is 0 Å². The van der Waals surface area contributed by atoms with Crippen LogP contribution < -0.4 is 20.3 Å². The number of benzene rings is 1. The molecule has 0 aliphatic carbocycles. The Morgan fingerprint density at radius 3 is 2.93 bits per heavy atom. The third-order valence-electron chi connectivity index (χ3n) is 4.14. The van der Waals surface area contributed by atoms with Gasteiger partial charge in [0.15, 0.2) is 16.7 Å². The molecule has 0 spiro atoms. The maximum absolute atomic E-state index is 12.7. The van der Waals surface area contributed by atoms with Gasteiger partial charge in [-0.15, -0.1) is 11.3 Å². The van der Waals surface area contributed by atoms with Crippen molar-refractivity contribution in [3.05, 3.63) is 40.0 Å². The van der Waals surface area contributed by atoms with Gasteiger partial charge in [-0.25, -0.2) is 4.98 Å². The zero-order valence-electron chi connectivity index (χ0n) is 15.3. The second-order valence-electron chi connectivity index (χ2n) is 6.18. The number of amides is 1. The summed E-state index contributed by atoms with van der Waals surface area (Å²) >= 11 is 2.66. The number of anilines is 1. The summed E-state index contributed by atoms with van der Waals surface area (Å²) < 4.78 is 13.3. The average Bonchev–Trinajstić information content (AvgIpc) is 3.17. The van der Waals surface area contributed by atoms with Crippen LogP contribution in [0, 0.1) is 0 Å². The Morgan fingerprint density at radius 2 is 2.11 bits per heavy atom. The molecule has 2 aromatic heterocycles. The Labute approximate surface area is 169 Å². The van der Waals surface area contributed by atoms with Crippen LogP contribution in [0.3, 0.4) is 0 Å². The number of ether oxygens (including phenoxy) is 2. The molecule has 28 heavy (non-hydrogen) atoms. The number of hydrogen-bond acceptors (Lipinski definition) is 7. The number of fused-ring (bicyclic) bond motifs is 2. The van der Waals surface area contributed by atoms with Crippen LogP contribution in [-0.2, 0) is 11.3 Å². The lowest BCUT2D eigenvalue weighted by Crippen LogP contribution is -2.23. The Hall–Kier alpha value is -2.52. The van der Waals surface area contributed by atoms with Crippen molar-refractivity contribution in [2.45, 2.75) is 25.0 Å². The quantitative estimate of drug-likeness (QED) is 0.489. The second-order valence-corrected chi connectivity index (χ2v) is 8.04. The van der Waals surface area contributed by atoms with E-state index in [1.165, 1.54) is 23.1 Å². The third-order valence-corrected chi connectivity index (χ3v) is 6.00. The van der Waals surface area contributed by atoms with Crippen molar-refractivity contribution in [3.8, 4) is 11.5 Å². The van der Waals surface area contributed by atoms with E-state index >= 15 is 0 Å². The zero-order valence-corrected chi connectivity index (χ0v) is 16.9. The molecule has 0 radical (unpaired) electrons. The summed E-state index contributed by atoms with van der Waals surface area (Å²) in [5, 5.41) is 5.28. The molecule has 0 saturated heterocycles. The number of nitrogens with one attached hydrogen (secondary N) is 1. The van der Waals surface area contributed by atoms with Gasteiger partial charge in [-0.3, -0.25) is 14.2 Å². The van der Waals surface area contributed by atoms with Gasteiger partial charge in [0, 0.05) is 18.3 Å². The van der Waals surface area contributed by atoms with Gasteiger partial charge in [0.2, 0.25) is 5.91 Å². The Balaban J connectivity index is 1.47. The summed E-state index contributed by atoms with van der Waals surface area (Å²) in [7, 11) is 0. The van der Waals surface area contributed by atoms with Gasteiger partial charge in [0.05, 0.1) is 11.3 Å². The lowest BCUT2D eigenvalue weighted by atomic mass is 10.2. The van der Waals surface area contributed by atoms with Crippen LogP contribution in [0.5, 0.6) is 11.5 Å². The third kappa shape index (κ3) is 3.85. The zero-order chi connectivity index (χ0) is 19.5. The van der Waals surface area contributed by atoms with E-state index in [1.54, 1.807) is 22.8 Å². The van der Waals surface area contributed by atoms with E-state index in [1.807, 2.05) is 18.4 Å². The summed E-state index contributed by atoms with van der Waals surface area (Å²) in [6.45, 7) is 3.60. The van der Waals surface area contributed by atoms with Crippen molar-refractivity contribution in [2.75, 3.05) is 24.3 Å². The lowest BCUT2D eigenvalue weighted by Gasteiger charge is -2.19. The number of carbonyl (C=O) groups is 1. The minimum atomic E-state index is -0.176. The SMILES string of the molecule is CCCn1c(SCC(=O)Nc2ccc3c(c2)OCCO3)nc2ccsc2c1=O. The number of thioether (sulfide) groups is 1. The molecule has 1 N–H and O–H groups in total. The number of aromatic nitrogens is 2. The maximum Gasteiger partial charge on any atom is 0.272 e. The van der Waals surface area contributed by atoms with Gasteiger partial charge in [-0.1, -0.05) is 18.7 Å². The number of rotatable bonds is 6. The van der Waals surface area contributed by atoms with E-state index in [9.17, 15) is 9.59 Å². The van der Waals surface area contributed by atoms with E-state index in [-0.39, 0.29) is 17.2 Å². The molecule has 1 amide bonds. The van der Waals surface area contributed by atoms with Crippen LogP contribution in [0.25, 0.3) is 10.2 Å². The van der Waals surface area contributed by atoms with Crippen molar-refractivity contribution in [1.82, 2.24) is 9.55 Å².